The Hall–Kier alpha value is -2.37. The number of hydrogen-bond donors (Lipinski definition) is 1. The van der Waals surface area contributed by atoms with E-state index in [-0.39, 0.29) is 43.0 Å². The van der Waals surface area contributed by atoms with E-state index in [4.69, 9.17) is 4.74 Å². The van der Waals surface area contributed by atoms with Crippen LogP contribution in [0.4, 0.5) is 0 Å². The van der Waals surface area contributed by atoms with Gasteiger partial charge in [-0.05, 0) is 32.4 Å². The molecule has 0 aliphatic carbocycles. The number of benzene rings is 1. The number of likely N-dealkylation sites (tertiary alicyclic amines) is 1. The van der Waals surface area contributed by atoms with Crippen LogP contribution in [0.15, 0.2) is 24.3 Å². The van der Waals surface area contributed by atoms with Gasteiger partial charge in [0.05, 0.1) is 18.5 Å². The fourth-order valence-electron chi connectivity index (χ4n) is 3.51. The van der Waals surface area contributed by atoms with Gasteiger partial charge in [-0.15, -0.1) is 0 Å². The summed E-state index contributed by atoms with van der Waals surface area (Å²) in [6.07, 6.45) is 1.61. The molecule has 6 nitrogen and oxygen atoms in total. The molecule has 134 valence electrons. The Morgan fingerprint density at radius 2 is 2.04 bits per heavy atom. The van der Waals surface area contributed by atoms with Gasteiger partial charge < -0.3 is 15.0 Å². The van der Waals surface area contributed by atoms with Crippen LogP contribution < -0.4 is 10.1 Å². The molecule has 0 unspecified atom stereocenters. The minimum Gasteiger partial charge on any atom is -0.486 e. The van der Waals surface area contributed by atoms with Gasteiger partial charge in [0, 0.05) is 25.4 Å². The van der Waals surface area contributed by atoms with E-state index in [1.807, 2.05) is 26.0 Å². The van der Waals surface area contributed by atoms with Crippen molar-refractivity contribution in [2.75, 3.05) is 13.1 Å². The molecule has 2 heterocycles. The smallest absolute Gasteiger partial charge is 0.239 e. The van der Waals surface area contributed by atoms with Crippen molar-refractivity contribution >= 4 is 17.6 Å². The molecule has 0 radical (unpaired) electrons. The maximum atomic E-state index is 12.5. The van der Waals surface area contributed by atoms with Crippen LogP contribution in [0, 0.1) is 0 Å². The van der Waals surface area contributed by atoms with Crippen molar-refractivity contribution in [3.63, 3.8) is 0 Å². The molecule has 3 rings (SSSR count). The van der Waals surface area contributed by atoms with Crippen molar-refractivity contribution in [2.45, 2.75) is 51.2 Å². The van der Waals surface area contributed by atoms with Gasteiger partial charge in [-0.3, -0.25) is 14.4 Å². The number of fused-ring (bicyclic) bond motifs is 1. The van der Waals surface area contributed by atoms with Crippen LogP contribution in [-0.2, 0) is 9.59 Å². The first-order chi connectivity index (χ1) is 11.9. The van der Waals surface area contributed by atoms with Gasteiger partial charge in [-0.2, -0.15) is 0 Å². The van der Waals surface area contributed by atoms with Crippen molar-refractivity contribution in [2.24, 2.45) is 0 Å². The van der Waals surface area contributed by atoms with Crippen LogP contribution in [-0.4, -0.2) is 47.2 Å². The normalized spacial score (nSPS) is 23.2. The van der Waals surface area contributed by atoms with Gasteiger partial charge in [-0.25, -0.2) is 0 Å². The van der Waals surface area contributed by atoms with Gasteiger partial charge in [0.25, 0.3) is 0 Å². The zero-order valence-corrected chi connectivity index (χ0v) is 14.7. The summed E-state index contributed by atoms with van der Waals surface area (Å²) in [6.45, 7) is 4.24. The number of ether oxygens (including phenoxy) is 1. The third kappa shape index (κ3) is 3.83. The number of Topliss-reactive ketones (excluding diaryl/α,β-unsaturated/α-hetero) is 1. The minimum atomic E-state index is -0.648. The van der Waals surface area contributed by atoms with Crippen molar-refractivity contribution in [1.29, 1.82) is 0 Å². The molecule has 2 amide bonds. The Morgan fingerprint density at radius 3 is 2.80 bits per heavy atom. The van der Waals surface area contributed by atoms with E-state index >= 15 is 0 Å². The Labute approximate surface area is 147 Å². The highest BCUT2D eigenvalue weighted by molar-refractivity contribution is 6.00. The highest BCUT2D eigenvalue weighted by atomic mass is 16.5. The van der Waals surface area contributed by atoms with E-state index in [1.54, 1.807) is 17.0 Å². The standard InChI is InChI=1S/C19H24N2O4/c1-13(2)20-17(23)12-21-10-9-19(8-7-18(21)24)11-15(22)14-5-3-4-6-16(14)25-19/h3-6,13H,7-12H2,1-2H3,(H,20,23)/t19-/m1/s1. The maximum Gasteiger partial charge on any atom is 0.239 e. The van der Waals surface area contributed by atoms with E-state index < -0.39 is 5.60 Å². The summed E-state index contributed by atoms with van der Waals surface area (Å²) < 4.78 is 6.18. The SMILES string of the molecule is CC(C)NC(=O)CN1CC[C@]2(CCC1=O)CC(=O)c1ccccc1O2. The minimum absolute atomic E-state index is 0.0386. The highest BCUT2D eigenvalue weighted by Crippen LogP contribution is 2.39. The van der Waals surface area contributed by atoms with E-state index in [1.165, 1.54) is 0 Å². The lowest BCUT2D eigenvalue weighted by Gasteiger charge is -2.37. The predicted octanol–water partition coefficient (Wildman–Crippen LogP) is 1.93. The summed E-state index contributed by atoms with van der Waals surface area (Å²) in [5.74, 6) is 0.425. The first-order valence-corrected chi connectivity index (χ1v) is 8.77. The first kappa shape index (κ1) is 17.5. The second-order valence-electron chi connectivity index (χ2n) is 7.17. The van der Waals surface area contributed by atoms with E-state index in [2.05, 4.69) is 5.32 Å². The number of carbonyl (C=O) groups is 3. The topological polar surface area (TPSA) is 75.7 Å². The molecule has 6 heteroatoms. The summed E-state index contributed by atoms with van der Waals surface area (Å²) >= 11 is 0. The van der Waals surface area contributed by atoms with Crippen LogP contribution in [0.25, 0.3) is 0 Å². The number of nitrogens with zero attached hydrogens (tertiary/aromatic N) is 1. The number of nitrogens with one attached hydrogen (secondary N) is 1. The summed E-state index contributed by atoms with van der Waals surface area (Å²) in [5.41, 5.74) is -0.0402. The van der Waals surface area contributed by atoms with E-state index in [0.29, 0.717) is 30.7 Å². The number of rotatable bonds is 3. The van der Waals surface area contributed by atoms with Crippen molar-refractivity contribution in [3.8, 4) is 5.75 Å². The molecule has 1 N–H and O–H groups in total. The van der Waals surface area contributed by atoms with E-state index in [0.717, 1.165) is 0 Å². The molecule has 1 aromatic rings. The average molecular weight is 344 g/mol. The van der Waals surface area contributed by atoms with Gasteiger partial charge in [0.1, 0.15) is 11.4 Å². The molecule has 2 aliphatic rings. The van der Waals surface area contributed by atoms with Gasteiger partial charge in [0.2, 0.25) is 11.8 Å². The molecule has 0 saturated carbocycles. The number of carbonyl (C=O) groups excluding carboxylic acids is 3. The third-order valence-corrected chi connectivity index (χ3v) is 4.77. The summed E-state index contributed by atoms with van der Waals surface area (Å²) in [5, 5.41) is 2.80. The Kier molecular flexibility index (Phi) is 4.79. The maximum absolute atomic E-state index is 12.5. The number of ketones is 1. The third-order valence-electron chi connectivity index (χ3n) is 4.77. The van der Waals surface area contributed by atoms with Crippen LogP contribution >= 0.6 is 0 Å². The Bertz CT molecular complexity index is 700. The first-order valence-electron chi connectivity index (χ1n) is 8.77. The molecule has 1 spiro atoms. The average Bonchev–Trinajstić information content (AvgIpc) is 2.68. The number of para-hydroxylation sites is 1. The molecular weight excluding hydrogens is 320 g/mol. The predicted molar refractivity (Wildman–Crippen MR) is 92.5 cm³/mol. The largest absolute Gasteiger partial charge is 0.486 e. The van der Waals surface area contributed by atoms with Crippen LogP contribution in [0.3, 0.4) is 0 Å². The quantitative estimate of drug-likeness (QED) is 0.909. The van der Waals surface area contributed by atoms with Crippen molar-refractivity contribution in [1.82, 2.24) is 10.2 Å². The molecule has 1 fully saturated rings. The van der Waals surface area contributed by atoms with Crippen LogP contribution in [0.1, 0.15) is 49.9 Å². The lowest BCUT2D eigenvalue weighted by Crippen LogP contribution is -2.44. The Balaban J connectivity index is 1.72. The zero-order chi connectivity index (χ0) is 18.0. The second kappa shape index (κ2) is 6.86. The monoisotopic (exact) mass is 344 g/mol. The molecule has 2 aliphatic heterocycles. The number of hydrogen-bond acceptors (Lipinski definition) is 4. The molecule has 1 atom stereocenters. The van der Waals surface area contributed by atoms with Crippen LogP contribution in [0.5, 0.6) is 5.75 Å². The second-order valence-corrected chi connectivity index (χ2v) is 7.17. The lowest BCUT2D eigenvalue weighted by molar-refractivity contribution is -0.135. The molecular formula is C19H24N2O4. The fourth-order valence-corrected chi connectivity index (χ4v) is 3.51. The Morgan fingerprint density at radius 1 is 1.28 bits per heavy atom. The summed E-state index contributed by atoms with van der Waals surface area (Å²) in [6, 6.07) is 7.28. The fraction of sp³-hybridized carbons (Fsp3) is 0.526. The molecule has 25 heavy (non-hydrogen) atoms. The van der Waals surface area contributed by atoms with Crippen molar-refractivity contribution < 1.29 is 19.1 Å². The molecule has 1 saturated heterocycles. The highest BCUT2D eigenvalue weighted by Gasteiger charge is 2.43. The van der Waals surface area contributed by atoms with Gasteiger partial charge in [-0.1, -0.05) is 12.1 Å². The molecule has 0 aromatic heterocycles. The van der Waals surface area contributed by atoms with Crippen molar-refractivity contribution in [3.05, 3.63) is 29.8 Å². The molecule has 0 bridgehead atoms. The van der Waals surface area contributed by atoms with Gasteiger partial charge in [0.15, 0.2) is 5.78 Å². The van der Waals surface area contributed by atoms with E-state index in [9.17, 15) is 14.4 Å². The number of amides is 2. The zero-order valence-electron chi connectivity index (χ0n) is 14.7. The molecule has 1 aromatic carbocycles. The van der Waals surface area contributed by atoms with Gasteiger partial charge >= 0.3 is 0 Å². The lowest BCUT2D eigenvalue weighted by atomic mass is 9.84. The van der Waals surface area contributed by atoms with Crippen LogP contribution in [0.2, 0.25) is 0 Å². The summed E-state index contributed by atoms with van der Waals surface area (Å²) in [7, 11) is 0. The summed E-state index contributed by atoms with van der Waals surface area (Å²) in [4.78, 5) is 38.4.